The Bertz CT molecular complexity index is 488. The van der Waals surface area contributed by atoms with Gasteiger partial charge in [0.05, 0.1) is 0 Å². The third-order valence-corrected chi connectivity index (χ3v) is 3.49. The molecule has 0 aliphatic carbocycles. The molecule has 2 heterocycles. The zero-order valence-corrected chi connectivity index (χ0v) is 12.4. The Hall–Kier alpha value is -2.20. The van der Waals surface area contributed by atoms with Gasteiger partial charge in [0.25, 0.3) is 11.3 Å². The Labute approximate surface area is 129 Å². The third-order valence-electron chi connectivity index (χ3n) is 3.49. The van der Waals surface area contributed by atoms with Gasteiger partial charge < -0.3 is 18.6 Å². The van der Waals surface area contributed by atoms with E-state index in [4.69, 9.17) is 0 Å². The minimum atomic E-state index is -4.00. The molecule has 2 rings (SSSR count). The second-order valence-electron chi connectivity index (χ2n) is 5.30. The molecule has 0 saturated carbocycles. The van der Waals surface area contributed by atoms with Gasteiger partial charge in [-0.05, 0) is 0 Å². The second kappa shape index (κ2) is 5.46. The molecule has 2 aliphatic rings. The van der Waals surface area contributed by atoms with Crippen molar-refractivity contribution in [1.29, 1.82) is 0 Å². The molecular formula is C12H14BF2O8-. The van der Waals surface area contributed by atoms with Crippen LogP contribution < -0.4 is 0 Å². The Kier molecular flexibility index (Phi) is 4.08. The Morgan fingerprint density at radius 3 is 1.22 bits per heavy atom. The molecule has 1 spiro atoms. The van der Waals surface area contributed by atoms with Crippen LogP contribution in [0.3, 0.4) is 0 Å². The zero-order valence-electron chi connectivity index (χ0n) is 12.4. The monoisotopic (exact) mass is 335 g/mol. The fourth-order valence-electron chi connectivity index (χ4n) is 2.31. The quantitative estimate of drug-likeness (QED) is 0.544. The lowest BCUT2D eigenvalue weighted by atomic mass is 9.89. The SMILES string of the molecule is CCCC1(F)C(=O)O[B-]2(OC1=O)OC(=O)C(F)(CCC)C(=O)O2. The van der Waals surface area contributed by atoms with Crippen LogP contribution in [0, 0.1) is 0 Å². The minimum Gasteiger partial charge on any atom is -0.582 e. The molecule has 0 aromatic heterocycles. The van der Waals surface area contributed by atoms with Crippen LogP contribution in [0.5, 0.6) is 0 Å². The second-order valence-corrected chi connectivity index (χ2v) is 5.30. The van der Waals surface area contributed by atoms with Crippen molar-refractivity contribution >= 4 is 30.8 Å². The molecule has 0 radical (unpaired) electrons. The number of halogens is 2. The van der Waals surface area contributed by atoms with Crippen molar-refractivity contribution < 1.29 is 46.6 Å². The van der Waals surface area contributed by atoms with E-state index in [1.54, 1.807) is 0 Å². The normalized spacial score (nSPS) is 37.0. The largest absolute Gasteiger partial charge is 0.784 e. The van der Waals surface area contributed by atoms with E-state index in [0.717, 1.165) is 0 Å². The van der Waals surface area contributed by atoms with Gasteiger partial charge in [-0.3, -0.25) is 19.2 Å². The predicted molar refractivity (Wildman–Crippen MR) is 67.6 cm³/mol. The lowest BCUT2D eigenvalue weighted by Gasteiger charge is -2.48. The summed E-state index contributed by atoms with van der Waals surface area (Å²) in [6, 6.07) is 0. The van der Waals surface area contributed by atoms with Gasteiger partial charge in [-0.2, -0.15) is 0 Å². The van der Waals surface area contributed by atoms with E-state index in [0.29, 0.717) is 0 Å². The maximum Gasteiger partial charge on any atom is 0.784 e. The maximum absolute atomic E-state index is 14.3. The molecule has 2 fully saturated rings. The number of carbonyl (C=O) groups is 4. The highest BCUT2D eigenvalue weighted by atomic mass is 19.1. The van der Waals surface area contributed by atoms with E-state index in [1.165, 1.54) is 13.8 Å². The summed E-state index contributed by atoms with van der Waals surface area (Å²) in [4.78, 5) is 46.9. The molecule has 0 bridgehead atoms. The molecule has 0 N–H and O–H groups in total. The van der Waals surface area contributed by atoms with E-state index >= 15 is 0 Å². The highest BCUT2D eigenvalue weighted by Gasteiger charge is 2.67. The zero-order chi connectivity index (χ0) is 17.5. The van der Waals surface area contributed by atoms with E-state index in [2.05, 4.69) is 18.6 Å². The van der Waals surface area contributed by atoms with Crippen LogP contribution in [0.1, 0.15) is 39.5 Å². The summed E-state index contributed by atoms with van der Waals surface area (Å²) in [7, 11) is 0. The van der Waals surface area contributed by atoms with Crippen molar-refractivity contribution in [3.63, 3.8) is 0 Å². The van der Waals surface area contributed by atoms with Gasteiger partial charge in [-0.1, -0.05) is 26.7 Å². The first kappa shape index (κ1) is 17.2. The molecule has 8 nitrogen and oxygen atoms in total. The van der Waals surface area contributed by atoms with E-state index < -0.39 is 55.0 Å². The number of hydrogen-bond donors (Lipinski definition) is 0. The molecule has 0 unspecified atom stereocenters. The van der Waals surface area contributed by atoms with Gasteiger partial charge in [0.1, 0.15) is 0 Å². The predicted octanol–water partition coefficient (Wildman–Crippen LogP) is 0.639. The van der Waals surface area contributed by atoms with Gasteiger partial charge in [-0.15, -0.1) is 0 Å². The topological polar surface area (TPSA) is 105 Å². The first-order valence-electron chi connectivity index (χ1n) is 7.08. The lowest BCUT2D eigenvalue weighted by molar-refractivity contribution is -0.201. The highest BCUT2D eigenvalue weighted by molar-refractivity contribution is 6.64. The highest BCUT2D eigenvalue weighted by Crippen LogP contribution is 2.37. The summed E-state index contributed by atoms with van der Waals surface area (Å²) in [6.07, 6.45) is -0.877. The average Bonchev–Trinajstić information content (AvgIpc) is 2.44. The summed E-state index contributed by atoms with van der Waals surface area (Å²) in [6.45, 7) is -0.996. The van der Waals surface area contributed by atoms with Crippen LogP contribution in [0.2, 0.25) is 0 Å². The van der Waals surface area contributed by atoms with Crippen LogP contribution in [0.25, 0.3) is 0 Å². The summed E-state index contributed by atoms with van der Waals surface area (Å²) in [5, 5.41) is 0. The summed E-state index contributed by atoms with van der Waals surface area (Å²) >= 11 is 0. The van der Waals surface area contributed by atoms with Crippen molar-refractivity contribution in [2.45, 2.75) is 50.9 Å². The number of alkyl halides is 2. The standard InChI is InChI=1S/C12H14BF2O8/c1-3-5-11(14)7(16)20-13(21-8(11)17)22-9(18)12(15,6-4-2)10(19)23-13/h3-6H2,1-2H3/q-1. The van der Waals surface area contributed by atoms with Crippen LogP contribution in [-0.2, 0) is 37.8 Å². The smallest absolute Gasteiger partial charge is 0.582 e. The van der Waals surface area contributed by atoms with Crippen molar-refractivity contribution in [2.24, 2.45) is 0 Å². The Balaban J connectivity index is 2.27. The van der Waals surface area contributed by atoms with Crippen molar-refractivity contribution in [2.75, 3.05) is 0 Å². The van der Waals surface area contributed by atoms with Gasteiger partial charge in [0.15, 0.2) is 0 Å². The van der Waals surface area contributed by atoms with Gasteiger partial charge in [0, 0.05) is 12.8 Å². The van der Waals surface area contributed by atoms with E-state index in [1.807, 2.05) is 0 Å². The van der Waals surface area contributed by atoms with Crippen molar-refractivity contribution in [3.8, 4) is 0 Å². The van der Waals surface area contributed by atoms with Crippen LogP contribution in [0.15, 0.2) is 0 Å². The number of rotatable bonds is 4. The summed E-state index contributed by atoms with van der Waals surface area (Å²) in [5.41, 5.74) is -6.21. The molecular weight excluding hydrogens is 321 g/mol. The number of carbonyl (C=O) groups excluding carboxylic acids is 4. The lowest BCUT2D eigenvalue weighted by Crippen LogP contribution is -2.70. The van der Waals surface area contributed by atoms with Crippen molar-refractivity contribution in [3.05, 3.63) is 0 Å². The fraction of sp³-hybridized carbons (Fsp3) is 0.667. The molecule has 0 atom stereocenters. The molecule has 23 heavy (non-hydrogen) atoms. The fourth-order valence-corrected chi connectivity index (χ4v) is 2.31. The first-order valence-corrected chi connectivity index (χ1v) is 7.08. The van der Waals surface area contributed by atoms with Crippen LogP contribution in [0.4, 0.5) is 8.78 Å². The number of hydrogen-bond acceptors (Lipinski definition) is 8. The molecule has 128 valence electrons. The van der Waals surface area contributed by atoms with Crippen molar-refractivity contribution in [1.82, 2.24) is 0 Å². The molecule has 0 amide bonds. The molecule has 0 aromatic carbocycles. The summed E-state index contributed by atoms with van der Waals surface area (Å²) in [5.74, 6) is -6.90. The average molecular weight is 335 g/mol. The molecule has 0 aromatic rings. The minimum absolute atomic E-state index is 0.102. The summed E-state index contributed by atoms with van der Waals surface area (Å²) < 4.78 is 46.2. The molecule has 11 heteroatoms. The van der Waals surface area contributed by atoms with Gasteiger partial charge >= 0.3 is 30.8 Å². The Morgan fingerprint density at radius 1 is 0.739 bits per heavy atom. The first-order chi connectivity index (χ1) is 10.6. The Morgan fingerprint density at radius 2 is 1.00 bits per heavy atom. The van der Waals surface area contributed by atoms with Crippen LogP contribution in [-0.4, -0.2) is 42.2 Å². The van der Waals surface area contributed by atoms with Gasteiger partial charge in [0.2, 0.25) is 0 Å². The van der Waals surface area contributed by atoms with Gasteiger partial charge in [-0.25, -0.2) is 8.78 Å². The molecule has 2 saturated heterocycles. The van der Waals surface area contributed by atoms with E-state index in [9.17, 15) is 28.0 Å². The van der Waals surface area contributed by atoms with E-state index in [-0.39, 0.29) is 12.8 Å². The maximum atomic E-state index is 14.3. The molecule has 2 aliphatic heterocycles. The van der Waals surface area contributed by atoms with Crippen LogP contribution >= 0.6 is 0 Å². The third kappa shape index (κ3) is 2.53.